The van der Waals surface area contributed by atoms with Crippen molar-refractivity contribution in [1.29, 1.82) is 0 Å². The van der Waals surface area contributed by atoms with Crippen LogP contribution in [0.3, 0.4) is 0 Å². The lowest BCUT2D eigenvalue weighted by atomic mass is 9.99. The van der Waals surface area contributed by atoms with Crippen LogP contribution in [0.2, 0.25) is 0 Å². The summed E-state index contributed by atoms with van der Waals surface area (Å²) < 4.78 is 4.89. The minimum Gasteiger partial charge on any atom is -0.448 e. The molecule has 0 aliphatic carbocycles. The van der Waals surface area contributed by atoms with Crippen LogP contribution in [0.4, 0.5) is 10.5 Å². The molecule has 1 aromatic rings. The molecule has 2 saturated heterocycles. The maximum atomic E-state index is 12.3. The number of carbonyl (C=O) groups excluding carboxylic acids is 3. The number of amides is 3. The summed E-state index contributed by atoms with van der Waals surface area (Å²) in [7, 11) is 0. The average Bonchev–Trinajstić information content (AvgIpc) is 3.08. The number of ether oxygens (including phenoxy) is 1. The summed E-state index contributed by atoms with van der Waals surface area (Å²) >= 11 is 0. The second-order valence-electron chi connectivity index (χ2n) is 6.07. The van der Waals surface area contributed by atoms with E-state index in [1.54, 1.807) is 24.0 Å². The molecule has 1 unspecified atom stereocenters. The van der Waals surface area contributed by atoms with Crippen molar-refractivity contribution >= 4 is 23.6 Å². The molecule has 7 nitrogen and oxygen atoms in total. The Morgan fingerprint density at radius 2 is 2.09 bits per heavy atom. The zero-order chi connectivity index (χ0) is 16.4. The number of anilines is 1. The summed E-state index contributed by atoms with van der Waals surface area (Å²) in [5, 5.41) is 5.52. The van der Waals surface area contributed by atoms with E-state index in [0.717, 1.165) is 5.56 Å². The molecular weight excluding hydrogens is 298 g/mol. The van der Waals surface area contributed by atoms with E-state index < -0.39 is 5.54 Å². The van der Waals surface area contributed by atoms with Gasteiger partial charge in [-0.1, -0.05) is 12.1 Å². The lowest BCUT2D eigenvalue weighted by Gasteiger charge is -2.22. The SMILES string of the molecule is CC1(C(=O)Nc2ccc(CN3CCOC3=O)cc2)CCC(=O)N1. The standard InChI is InChI=1S/C16H19N3O4/c1-16(7-6-13(20)18-16)14(21)17-12-4-2-11(3-5-12)10-19-8-9-23-15(19)22/h2-5H,6-10H2,1H3,(H,17,21)(H,18,20). The monoisotopic (exact) mass is 317 g/mol. The Morgan fingerprint density at radius 1 is 1.35 bits per heavy atom. The van der Waals surface area contributed by atoms with E-state index >= 15 is 0 Å². The summed E-state index contributed by atoms with van der Waals surface area (Å²) in [6, 6.07) is 7.29. The van der Waals surface area contributed by atoms with Crippen molar-refractivity contribution in [2.75, 3.05) is 18.5 Å². The number of nitrogens with zero attached hydrogens (tertiary/aromatic N) is 1. The lowest BCUT2D eigenvalue weighted by Crippen LogP contribution is -2.49. The van der Waals surface area contributed by atoms with Crippen molar-refractivity contribution in [3.63, 3.8) is 0 Å². The molecule has 2 N–H and O–H groups in total. The van der Waals surface area contributed by atoms with Crippen LogP contribution in [0.1, 0.15) is 25.3 Å². The smallest absolute Gasteiger partial charge is 0.410 e. The minimum absolute atomic E-state index is 0.101. The number of cyclic esters (lactones) is 1. The number of rotatable bonds is 4. The zero-order valence-corrected chi connectivity index (χ0v) is 12.9. The Balaban J connectivity index is 1.60. The van der Waals surface area contributed by atoms with E-state index in [9.17, 15) is 14.4 Å². The second kappa shape index (κ2) is 5.91. The highest BCUT2D eigenvalue weighted by atomic mass is 16.6. The molecule has 23 heavy (non-hydrogen) atoms. The summed E-state index contributed by atoms with van der Waals surface area (Å²) in [5.74, 6) is -0.324. The van der Waals surface area contributed by atoms with Gasteiger partial charge in [-0.2, -0.15) is 0 Å². The molecule has 2 fully saturated rings. The van der Waals surface area contributed by atoms with Crippen molar-refractivity contribution in [3.05, 3.63) is 29.8 Å². The van der Waals surface area contributed by atoms with Crippen LogP contribution in [0.25, 0.3) is 0 Å². The molecule has 0 aromatic heterocycles. The Labute approximate surface area is 134 Å². The molecule has 2 heterocycles. The van der Waals surface area contributed by atoms with Gasteiger partial charge in [0.25, 0.3) is 0 Å². The topological polar surface area (TPSA) is 87.7 Å². The van der Waals surface area contributed by atoms with Crippen LogP contribution in [0.5, 0.6) is 0 Å². The normalized spacial score (nSPS) is 23.6. The van der Waals surface area contributed by atoms with Gasteiger partial charge in [0.05, 0.1) is 6.54 Å². The summed E-state index contributed by atoms with van der Waals surface area (Å²) in [6.07, 6.45) is 0.564. The Morgan fingerprint density at radius 3 is 2.65 bits per heavy atom. The number of carbonyl (C=O) groups is 3. The first-order valence-corrected chi connectivity index (χ1v) is 7.59. The van der Waals surface area contributed by atoms with Crippen molar-refractivity contribution in [2.24, 2.45) is 0 Å². The fourth-order valence-corrected chi connectivity index (χ4v) is 2.72. The minimum atomic E-state index is -0.852. The van der Waals surface area contributed by atoms with E-state index in [1.165, 1.54) is 0 Å². The molecule has 0 radical (unpaired) electrons. The number of hydrogen-bond donors (Lipinski definition) is 2. The van der Waals surface area contributed by atoms with Gasteiger partial charge in [0.1, 0.15) is 12.1 Å². The first-order valence-electron chi connectivity index (χ1n) is 7.59. The fourth-order valence-electron chi connectivity index (χ4n) is 2.72. The van der Waals surface area contributed by atoms with E-state index in [4.69, 9.17) is 4.74 Å². The third-order valence-corrected chi connectivity index (χ3v) is 4.20. The van der Waals surface area contributed by atoms with Gasteiger partial charge in [0.15, 0.2) is 0 Å². The van der Waals surface area contributed by atoms with Gasteiger partial charge in [0.2, 0.25) is 11.8 Å². The molecule has 0 spiro atoms. The molecule has 1 aromatic carbocycles. The molecule has 3 rings (SSSR count). The van der Waals surface area contributed by atoms with E-state index in [2.05, 4.69) is 10.6 Å². The predicted octanol–water partition coefficient (Wildman–Crippen LogP) is 1.25. The van der Waals surface area contributed by atoms with Gasteiger partial charge in [-0.15, -0.1) is 0 Å². The van der Waals surface area contributed by atoms with Crippen molar-refractivity contribution < 1.29 is 19.1 Å². The zero-order valence-electron chi connectivity index (χ0n) is 12.9. The van der Waals surface area contributed by atoms with Crippen LogP contribution in [-0.4, -0.2) is 41.5 Å². The highest BCUT2D eigenvalue weighted by Gasteiger charge is 2.39. The van der Waals surface area contributed by atoms with Crippen molar-refractivity contribution in [3.8, 4) is 0 Å². The number of nitrogens with one attached hydrogen (secondary N) is 2. The molecule has 0 saturated carbocycles. The fraction of sp³-hybridized carbons (Fsp3) is 0.438. The Bertz CT molecular complexity index is 643. The summed E-state index contributed by atoms with van der Waals surface area (Å²) in [5.41, 5.74) is 0.766. The van der Waals surface area contributed by atoms with E-state index in [-0.39, 0.29) is 17.9 Å². The first-order chi connectivity index (χ1) is 11.0. The van der Waals surface area contributed by atoms with Gasteiger partial charge in [-0.05, 0) is 31.0 Å². The third-order valence-electron chi connectivity index (χ3n) is 4.20. The molecule has 3 amide bonds. The largest absolute Gasteiger partial charge is 0.448 e. The molecule has 2 aliphatic heterocycles. The average molecular weight is 317 g/mol. The predicted molar refractivity (Wildman–Crippen MR) is 82.6 cm³/mol. The Hall–Kier alpha value is -2.57. The van der Waals surface area contributed by atoms with Crippen LogP contribution < -0.4 is 10.6 Å². The van der Waals surface area contributed by atoms with Gasteiger partial charge in [-0.3, -0.25) is 9.59 Å². The first kappa shape index (κ1) is 15.3. The van der Waals surface area contributed by atoms with Crippen LogP contribution in [0.15, 0.2) is 24.3 Å². The molecule has 0 bridgehead atoms. The summed E-state index contributed by atoms with van der Waals surface area (Å²) in [4.78, 5) is 36.7. The third kappa shape index (κ3) is 3.28. The van der Waals surface area contributed by atoms with Gasteiger partial charge < -0.3 is 20.3 Å². The van der Waals surface area contributed by atoms with Gasteiger partial charge in [0, 0.05) is 18.7 Å². The highest BCUT2D eigenvalue weighted by Crippen LogP contribution is 2.22. The van der Waals surface area contributed by atoms with Gasteiger partial charge >= 0.3 is 6.09 Å². The van der Waals surface area contributed by atoms with Crippen LogP contribution >= 0.6 is 0 Å². The number of benzene rings is 1. The van der Waals surface area contributed by atoms with E-state index in [1.807, 2.05) is 12.1 Å². The molecule has 2 aliphatic rings. The maximum Gasteiger partial charge on any atom is 0.410 e. The molecule has 7 heteroatoms. The molecule has 122 valence electrons. The van der Waals surface area contributed by atoms with Crippen molar-refractivity contribution in [1.82, 2.24) is 10.2 Å². The quantitative estimate of drug-likeness (QED) is 0.875. The second-order valence-corrected chi connectivity index (χ2v) is 6.07. The summed E-state index contributed by atoms with van der Waals surface area (Å²) in [6.45, 7) is 3.23. The Kier molecular flexibility index (Phi) is 3.94. The highest BCUT2D eigenvalue weighted by molar-refractivity contribution is 6.02. The van der Waals surface area contributed by atoms with Crippen molar-refractivity contribution in [2.45, 2.75) is 31.8 Å². The molecular formula is C16H19N3O4. The van der Waals surface area contributed by atoms with Crippen LogP contribution in [-0.2, 0) is 20.9 Å². The van der Waals surface area contributed by atoms with E-state index in [0.29, 0.717) is 38.2 Å². The van der Waals surface area contributed by atoms with Crippen LogP contribution in [0, 0.1) is 0 Å². The number of hydrogen-bond acceptors (Lipinski definition) is 4. The lowest BCUT2D eigenvalue weighted by molar-refractivity contribution is -0.125. The van der Waals surface area contributed by atoms with Gasteiger partial charge in [-0.25, -0.2) is 4.79 Å². The maximum absolute atomic E-state index is 12.3. The molecule has 1 atom stereocenters.